The van der Waals surface area contributed by atoms with E-state index in [0.717, 1.165) is 11.1 Å². The highest BCUT2D eigenvalue weighted by molar-refractivity contribution is 8.00. The summed E-state index contributed by atoms with van der Waals surface area (Å²) in [7, 11) is 6.05. The van der Waals surface area contributed by atoms with Crippen molar-refractivity contribution in [2.24, 2.45) is 5.92 Å². The van der Waals surface area contributed by atoms with Gasteiger partial charge >= 0.3 is 12.1 Å². The van der Waals surface area contributed by atoms with Gasteiger partial charge in [-0.25, -0.2) is 9.59 Å². The number of Topliss-reactive ketones (excluding diaryl/α,β-unsaturated/α-hetero) is 1. The van der Waals surface area contributed by atoms with Crippen molar-refractivity contribution in [1.29, 1.82) is 0 Å². The third kappa shape index (κ3) is 18.1. The van der Waals surface area contributed by atoms with Gasteiger partial charge in [0.05, 0.1) is 78.2 Å². The molecule has 0 aliphatic carbocycles. The number of nitrogens with one attached hydrogen (secondary N) is 1. The van der Waals surface area contributed by atoms with E-state index >= 15 is 0 Å². The fourth-order valence-corrected chi connectivity index (χ4v) is 9.55. The quantitative estimate of drug-likeness (QED) is 0.0469. The van der Waals surface area contributed by atoms with Crippen LogP contribution in [0.25, 0.3) is 0 Å². The first kappa shape index (κ1) is 60.5. The van der Waals surface area contributed by atoms with Gasteiger partial charge in [0.15, 0.2) is 5.72 Å². The van der Waals surface area contributed by atoms with Crippen molar-refractivity contribution in [1.82, 2.24) is 10.2 Å². The largest absolute Gasteiger partial charge is 0.495 e. The molecule has 8 atom stereocenters. The van der Waals surface area contributed by atoms with E-state index in [1.54, 1.807) is 70.9 Å². The molecule has 3 aliphatic rings. The van der Waals surface area contributed by atoms with Crippen molar-refractivity contribution in [3.63, 3.8) is 0 Å². The van der Waals surface area contributed by atoms with Crippen LogP contribution in [0.1, 0.15) is 86.1 Å². The summed E-state index contributed by atoms with van der Waals surface area (Å²) >= 11 is 8.52. The Kier molecular flexibility index (Phi) is 24.0. The van der Waals surface area contributed by atoms with Crippen LogP contribution >= 0.6 is 23.4 Å². The van der Waals surface area contributed by atoms with E-state index < -0.39 is 65.7 Å². The first-order valence-electron chi connectivity index (χ1n) is 24.5. The predicted molar refractivity (Wildman–Crippen MR) is 274 cm³/mol. The molecule has 2 N–H and O–H groups in total. The zero-order chi connectivity index (χ0) is 53.2. The molecule has 0 spiro atoms. The number of aliphatic hydroxyl groups is 1. The number of hydrogen-bond donors (Lipinski definition) is 2. The summed E-state index contributed by atoms with van der Waals surface area (Å²) in [5, 5.41) is 14.6. The lowest BCUT2D eigenvalue weighted by Gasteiger charge is -2.42. The minimum absolute atomic E-state index is 0.0678. The molecule has 1 aromatic carbocycles. The fraction of sp³-hybridized carbons (Fsp3) is 0.673. The number of epoxide rings is 1. The number of ketones is 1. The van der Waals surface area contributed by atoms with E-state index in [0.29, 0.717) is 89.3 Å². The molecule has 1 aromatic rings. The van der Waals surface area contributed by atoms with E-state index in [4.69, 9.17) is 54.2 Å². The van der Waals surface area contributed by atoms with Crippen molar-refractivity contribution in [2.45, 2.75) is 134 Å². The Hall–Kier alpha value is -4.05. The molecule has 3 aliphatic heterocycles. The van der Waals surface area contributed by atoms with Crippen LogP contribution in [0, 0.1) is 5.92 Å². The van der Waals surface area contributed by atoms with Gasteiger partial charge in [-0.3, -0.25) is 19.7 Å². The highest BCUT2D eigenvalue weighted by atomic mass is 35.5. The van der Waals surface area contributed by atoms with Crippen LogP contribution in [-0.2, 0) is 63.5 Å². The topological polar surface area (TPSA) is 210 Å². The molecule has 0 unspecified atom stereocenters. The van der Waals surface area contributed by atoms with Gasteiger partial charge in [-0.05, 0) is 58.2 Å². The van der Waals surface area contributed by atoms with Gasteiger partial charge in [0.1, 0.15) is 46.5 Å². The van der Waals surface area contributed by atoms with Gasteiger partial charge < -0.3 is 57.5 Å². The van der Waals surface area contributed by atoms with Crippen molar-refractivity contribution in [3.8, 4) is 5.75 Å². The van der Waals surface area contributed by atoms with Crippen LogP contribution in [0.4, 0.5) is 10.5 Å². The van der Waals surface area contributed by atoms with Gasteiger partial charge in [0.25, 0.3) is 0 Å². The molecule has 4 rings (SSSR count). The van der Waals surface area contributed by atoms with E-state index in [9.17, 15) is 29.1 Å². The maximum atomic E-state index is 14.4. The number of allylic oxidation sites excluding steroid dienone is 3. The SMILES string of the molecule is COc1cc2cc(c1Cl)N(C)C(=O)C[C@H](OC(=O)[C@H](C)N(C)C(=O)CCC(C)(C)SCC=CCOCCOCCOCCOCCC(C)=O)[C@]1(C)O[C@H]1[C@H](C)[C@@H]1C[C@@](O)(NC(=O)O1)[C@H](OC)C=CC=C(C)C2. The summed E-state index contributed by atoms with van der Waals surface area (Å²) < 4.78 is 51.2. The molecule has 2 saturated heterocycles. The van der Waals surface area contributed by atoms with Crippen LogP contribution in [0.3, 0.4) is 0 Å². The Bertz CT molecular complexity index is 2090. The monoisotopic (exact) mass is 1050 g/mol. The third-order valence-corrected chi connectivity index (χ3v) is 14.9. The lowest BCUT2D eigenvalue weighted by atomic mass is 9.83. The fourth-order valence-electron chi connectivity index (χ4n) is 8.31. The Morgan fingerprint density at radius 1 is 1.04 bits per heavy atom. The Morgan fingerprint density at radius 2 is 1.69 bits per heavy atom. The van der Waals surface area contributed by atoms with Crippen molar-refractivity contribution in [2.75, 3.05) is 91.8 Å². The zero-order valence-electron chi connectivity index (χ0n) is 44.0. The number of esters is 1. The van der Waals surface area contributed by atoms with Crippen molar-refractivity contribution in [3.05, 3.63) is 58.7 Å². The maximum Gasteiger partial charge on any atom is 0.409 e. The first-order chi connectivity index (χ1) is 34.0. The number of amides is 3. The number of nitrogens with zero attached hydrogens (tertiary/aromatic N) is 2. The van der Waals surface area contributed by atoms with E-state index in [1.807, 2.05) is 25.2 Å². The number of anilines is 1. The summed E-state index contributed by atoms with van der Waals surface area (Å²) in [5.74, 6) is -0.826. The number of hydrogen-bond acceptors (Lipinski definition) is 16. The molecule has 3 amide bonds. The summed E-state index contributed by atoms with van der Waals surface area (Å²) in [4.78, 5) is 68.7. The van der Waals surface area contributed by atoms with Crippen LogP contribution in [-0.4, -0.2) is 173 Å². The molecule has 4 bridgehead atoms. The number of halogens is 1. The lowest BCUT2D eigenvalue weighted by molar-refractivity contribution is -0.162. The standard InChI is InChI=1S/C52H78ClN3O15S/c1-34-15-14-16-42(64-11)52(62)33-41(69-49(61)54-52)36(3)47-51(7,71-47)43(32-45(59)56(9)39-30-38(29-34)31-40(63-10)46(39)53)70-48(60)37(4)55(8)44(58)17-19-50(5,6)72-28-13-12-20-65-22-24-67-26-27-68-25-23-66-21-18-35(2)57/h12-16,30-31,36-37,41-43,47,62H,17-29,32-33H2,1-11H3,(H,54,61)/t36-,37+,41+,42-,43+,47+,51+,52+/m1/s1. The summed E-state index contributed by atoms with van der Waals surface area (Å²) in [6.45, 7) is 16.2. The maximum absolute atomic E-state index is 14.4. The highest BCUT2D eigenvalue weighted by Crippen LogP contribution is 2.49. The number of benzene rings is 1. The predicted octanol–water partition coefficient (Wildman–Crippen LogP) is 6.41. The Balaban J connectivity index is 1.36. The third-order valence-electron chi connectivity index (χ3n) is 13.1. The summed E-state index contributed by atoms with van der Waals surface area (Å²) in [5.41, 5.74) is -1.01. The minimum atomic E-state index is -1.85. The number of rotatable bonds is 25. The van der Waals surface area contributed by atoms with E-state index in [-0.39, 0.29) is 40.7 Å². The molecule has 3 heterocycles. The second kappa shape index (κ2) is 28.6. The average molecular weight is 1050 g/mol. The number of methoxy groups -OCH3 is 2. The molecule has 0 aromatic heterocycles. The molecule has 18 nitrogen and oxygen atoms in total. The number of thioether (sulfide) groups is 1. The highest BCUT2D eigenvalue weighted by Gasteiger charge is 2.64. The second-order valence-electron chi connectivity index (χ2n) is 19.3. The van der Waals surface area contributed by atoms with Crippen LogP contribution < -0.4 is 15.0 Å². The average Bonchev–Trinajstić information content (AvgIpc) is 4.03. The van der Waals surface area contributed by atoms with Gasteiger partial charge in [-0.15, -0.1) is 0 Å². The van der Waals surface area contributed by atoms with E-state index in [2.05, 4.69) is 19.2 Å². The smallest absolute Gasteiger partial charge is 0.409 e. The van der Waals surface area contributed by atoms with Gasteiger partial charge in [-0.1, -0.05) is 68.3 Å². The Morgan fingerprint density at radius 3 is 2.33 bits per heavy atom. The number of ether oxygens (including phenoxy) is 9. The molecule has 0 saturated carbocycles. The van der Waals surface area contributed by atoms with Crippen LogP contribution in [0.5, 0.6) is 5.75 Å². The molecule has 72 heavy (non-hydrogen) atoms. The van der Waals surface area contributed by atoms with Crippen molar-refractivity contribution >= 4 is 58.7 Å². The molecule has 404 valence electrons. The van der Waals surface area contributed by atoms with Gasteiger partial charge in [0, 0.05) is 56.9 Å². The second-order valence-corrected chi connectivity index (χ2v) is 21.4. The number of likely N-dealkylation sites (N-methyl/N-ethyl adjacent to an activating group) is 1. The first-order valence-corrected chi connectivity index (χ1v) is 25.9. The number of alkyl carbamates (subject to hydrolysis) is 1. The molecule has 20 heteroatoms. The van der Waals surface area contributed by atoms with E-state index in [1.165, 1.54) is 30.9 Å². The Labute approximate surface area is 434 Å². The van der Waals surface area contributed by atoms with Crippen LogP contribution in [0.15, 0.2) is 48.1 Å². The number of fused-ring (bicyclic) bond motifs is 5. The zero-order valence-corrected chi connectivity index (χ0v) is 45.5. The summed E-state index contributed by atoms with van der Waals surface area (Å²) in [6.07, 6.45) is 5.85. The number of carbonyl (C=O) groups excluding carboxylic acids is 5. The van der Waals surface area contributed by atoms with Gasteiger partial charge in [-0.2, -0.15) is 11.8 Å². The lowest BCUT2D eigenvalue weighted by Crippen LogP contribution is -2.63. The molecular weight excluding hydrogens is 974 g/mol. The van der Waals surface area contributed by atoms with Gasteiger partial charge in [0.2, 0.25) is 11.8 Å². The normalized spacial score (nSPS) is 25.3. The van der Waals surface area contributed by atoms with Crippen molar-refractivity contribution < 1.29 is 71.7 Å². The minimum Gasteiger partial charge on any atom is -0.495 e. The number of carbonyl (C=O) groups is 5. The molecular formula is C52H78ClN3O15S. The molecule has 0 radical (unpaired) electrons. The summed E-state index contributed by atoms with van der Waals surface area (Å²) in [6, 6.07) is 2.56. The molecule has 2 fully saturated rings. The van der Waals surface area contributed by atoms with Crippen LogP contribution in [0.2, 0.25) is 5.02 Å².